The molecule has 28 heavy (non-hydrogen) atoms. The lowest BCUT2D eigenvalue weighted by Gasteiger charge is -2.19. The highest BCUT2D eigenvalue weighted by Gasteiger charge is 2.33. The number of thioether (sulfide) groups is 1. The molecule has 1 aliphatic carbocycles. The smallest absolute Gasteiger partial charge is 0.284 e. The van der Waals surface area contributed by atoms with Gasteiger partial charge in [-0.2, -0.15) is 13.2 Å². The van der Waals surface area contributed by atoms with Gasteiger partial charge in [0.1, 0.15) is 0 Å². The predicted molar refractivity (Wildman–Crippen MR) is 105 cm³/mol. The molecule has 146 valence electrons. The van der Waals surface area contributed by atoms with Crippen molar-refractivity contribution < 1.29 is 13.2 Å². The van der Waals surface area contributed by atoms with Gasteiger partial charge in [0.25, 0.3) is 5.56 Å². The average Bonchev–Trinajstić information content (AvgIpc) is 3.20. The summed E-state index contributed by atoms with van der Waals surface area (Å²) in [6, 6.07) is 12.8. The number of hydrogen-bond donors (Lipinski definition) is 0. The van der Waals surface area contributed by atoms with Crippen molar-refractivity contribution in [2.75, 3.05) is 0 Å². The monoisotopic (exact) mass is 404 g/mol. The van der Waals surface area contributed by atoms with E-state index in [0.29, 0.717) is 16.1 Å². The molecular weight excluding hydrogens is 385 g/mol. The van der Waals surface area contributed by atoms with E-state index in [2.05, 4.69) is 4.98 Å². The third kappa shape index (κ3) is 3.68. The molecule has 0 atom stereocenters. The Morgan fingerprint density at radius 3 is 2.46 bits per heavy atom. The van der Waals surface area contributed by atoms with Crippen LogP contribution in [-0.2, 0) is 11.9 Å². The molecule has 0 spiro atoms. The lowest BCUT2D eigenvalue weighted by molar-refractivity contribution is -0.138. The van der Waals surface area contributed by atoms with Gasteiger partial charge in [-0.1, -0.05) is 54.9 Å². The fourth-order valence-electron chi connectivity index (χ4n) is 3.78. The third-order valence-electron chi connectivity index (χ3n) is 5.14. The zero-order valence-electron chi connectivity index (χ0n) is 15.1. The van der Waals surface area contributed by atoms with Crippen molar-refractivity contribution in [1.82, 2.24) is 9.55 Å². The van der Waals surface area contributed by atoms with Gasteiger partial charge >= 0.3 is 6.18 Å². The topological polar surface area (TPSA) is 34.9 Å². The maximum absolute atomic E-state index is 13.3. The third-order valence-corrected chi connectivity index (χ3v) is 6.15. The zero-order chi connectivity index (χ0) is 19.7. The lowest BCUT2D eigenvalue weighted by Crippen LogP contribution is -2.26. The van der Waals surface area contributed by atoms with Gasteiger partial charge in [-0.25, -0.2) is 4.98 Å². The first-order valence-electron chi connectivity index (χ1n) is 9.24. The Hall–Kier alpha value is -2.28. The average molecular weight is 404 g/mol. The SMILES string of the molecule is O=c1c2ccccc2nc(SCc2ccccc2C(F)(F)F)n1C1CCCC1. The Balaban J connectivity index is 1.75. The van der Waals surface area contributed by atoms with Crippen molar-refractivity contribution in [1.29, 1.82) is 0 Å². The van der Waals surface area contributed by atoms with Gasteiger partial charge in [0.15, 0.2) is 5.16 Å². The van der Waals surface area contributed by atoms with E-state index in [1.54, 1.807) is 28.8 Å². The Labute approximate surface area is 164 Å². The largest absolute Gasteiger partial charge is 0.416 e. The summed E-state index contributed by atoms with van der Waals surface area (Å²) in [4.78, 5) is 17.7. The Morgan fingerprint density at radius 1 is 1.04 bits per heavy atom. The number of rotatable bonds is 4. The van der Waals surface area contributed by atoms with E-state index in [1.165, 1.54) is 23.9 Å². The van der Waals surface area contributed by atoms with Crippen LogP contribution < -0.4 is 5.56 Å². The molecule has 0 radical (unpaired) electrons. The molecule has 4 rings (SSSR count). The molecule has 1 saturated carbocycles. The molecule has 1 aliphatic rings. The van der Waals surface area contributed by atoms with Gasteiger partial charge in [0.05, 0.1) is 16.5 Å². The molecule has 3 aromatic rings. The maximum Gasteiger partial charge on any atom is 0.416 e. The molecule has 0 amide bonds. The van der Waals surface area contributed by atoms with Gasteiger partial charge in [0.2, 0.25) is 0 Å². The molecule has 1 aromatic heterocycles. The number of halogens is 3. The summed E-state index contributed by atoms with van der Waals surface area (Å²) in [5.41, 5.74) is 0.0240. The number of nitrogens with zero attached hydrogens (tertiary/aromatic N) is 2. The van der Waals surface area contributed by atoms with E-state index in [9.17, 15) is 18.0 Å². The molecule has 0 N–H and O–H groups in total. The molecule has 0 saturated heterocycles. The zero-order valence-corrected chi connectivity index (χ0v) is 15.9. The van der Waals surface area contributed by atoms with E-state index in [1.807, 2.05) is 6.07 Å². The summed E-state index contributed by atoms with van der Waals surface area (Å²) in [5.74, 6) is 0.104. The second-order valence-corrected chi connectivity index (χ2v) is 7.91. The fourth-order valence-corrected chi connectivity index (χ4v) is 4.85. The predicted octanol–water partition coefficient (Wildman–Crippen LogP) is 5.82. The van der Waals surface area contributed by atoms with Gasteiger partial charge in [0, 0.05) is 11.8 Å². The molecule has 1 heterocycles. The fraction of sp³-hybridized carbons (Fsp3) is 0.333. The summed E-state index contributed by atoms with van der Waals surface area (Å²) in [6.07, 6.45) is -0.520. The molecule has 0 bridgehead atoms. The van der Waals surface area contributed by atoms with Crippen LogP contribution in [0, 0.1) is 0 Å². The summed E-state index contributed by atoms with van der Waals surface area (Å²) in [7, 11) is 0. The number of alkyl halides is 3. The van der Waals surface area contributed by atoms with Crippen LogP contribution in [0.5, 0.6) is 0 Å². The second-order valence-electron chi connectivity index (χ2n) is 6.97. The van der Waals surface area contributed by atoms with Crippen LogP contribution in [0.1, 0.15) is 42.9 Å². The first kappa shape index (κ1) is 19.1. The van der Waals surface area contributed by atoms with Gasteiger partial charge in [-0.15, -0.1) is 0 Å². The molecule has 2 aromatic carbocycles. The highest BCUT2D eigenvalue weighted by atomic mass is 32.2. The van der Waals surface area contributed by atoms with Crippen LogP contribution in [0.2, 0.25) is 0 Å². The summed E-state index contributed by atoms with van der Waals surface area (Å²) >= 11 is 1.20. The van der Waals surface area contributed by atoms with Crippen molar-refractivity contribution >= 4 is 22.7 Å². The van der Waals surface area contributed by atoms with Gasteiger partial charge in [-0.3, -0.25) is 9.36 Å². The molecular formula is C21H19F3N2OS. The standard InChI is InChI=1S/C21H19F3N2OS/c22-21(23,24)17-11-5-1-7-14(17)13-28-20-25-18-12-6-4-10-16(18)19(27)26(20)15-8-2-3-9-15/h1,4-7,10-12,15H,2-3,8-9,13H2. The minimum Gasteiger partial charge on any atom is -0.284 e. The molecule has 0 aliphatic heterocycles. The van der Waals surface area contributed by atoms with Crippen LogP contribution in [0.3, 0.4) is 0 Å². The lowest BCUT2D eigenvalue weighted by atomic mass is 10.1. The second kappa shape index (κ2) is 7.62. The van der Waals surface area contributed by atoms with Crippen molar-refractivity contribution in [3.05, 3.63) is 70.0 Å². The Morgan fingerprint density at radius 2 is 1.71 bits per heavy atom. The quantitative estimate of drug-likeness (QED) is 0.406. The van der Waals surface area contributed by atoms with E-state index in [0.717, 1.165) is 31.7 Å². The van der Waals surface area contributed by atoms with E-state index in [-0.39, 0.29) is 22.9 Å². The van der Waals surface area contributed by atoms with E-state index < -0.39 is 11.7 Å². The van der Waals surface area contributed by atoms with E-state index in [4.69, 9.17) is 0 Å². The Bertz CT molecular complexity index is 1060. The molecule has 3 nitrogen and oxygen atoms in total. The van der Waals surface area contributed by atoms with Crippen molar-refractivity contribution in [3.8, 4) is 0 Å². The van der Waals surface area contributed by atoms with Crippen molar-refractivity contribution in [2.24, 2.45) is 0 Å². The highest BCUT2D eigenvalue weighted by Crippen LogP contribution is 2.36. The maximum atomic E-state index is 13.3. The number of para-hydroxylation sites is 1. The van der Waals surface area contributed by atoms with Gasteiger partial charge in [-0.05, 0) is 36.6 Å². The first-order valence-corrected chi connectivity index (χ1v) is 10.2. The number of fused-ring (bicyclic) bond motifs is 1. The summed E-state index contributed by atoms with van der Waals surface area (Å²) in [6.45, 7) is 0. The summed E-state index contributed by atoms with van der Waals surface area (Å²) in [5, 5.41) is 1.04. The first-order chi connectivity index (χ1) is 13.4. The molecule has 0 unspecified atom stereocenters. The van der Waals surface area contributed by atoms with Crippen molar-refractivity contribution in [2.45, 2.75) is 48.8 Å². The highest BCUT2D eigenvalue weighted by molar-refractivity contribution is 7.98. The summed E-state index contributed by atoms with van der Waals surface area (Å²) < 4.78 is 41.6. The molecule has 1 fully saturated rings. The van der Waals surface area contributed by atoms with Crippen LogP contribution in [0.4, 0.5) is 13.2 Å². The van der Waals surface area contributed by atoms with E-state index >= 15 is 0 Å². The number of benzene rings is 2. The van der Waals surface area contributed by atoms with Crippen LogP contribution in [0.25, 0.3) is 10.9 Å². The minimum atomic E-state index is -4.40. The number of aromatic nitrogens is 2. The molecule has 7 heteroatoms. The number of hydrogen-bond acceptors (Lipinski definition) is 3. The van der Waals surface area contributed by atoms with Crippen molar-refractivity contribution in [3.63, 3.8) is 0 Å². The van der Waals surface area contributed by atoms with Crippen LogP contribution in [0.15, 0.2) is 58.5 Å². The Kier molecular flexibility index (Phi) is 5.19. The van der Waals surface area contributed by atoms with Crippen LogP contribution >= 0.6 is 11.8 Å². The minimum absolute atomic E-state index is 0.0602. The van der Waals surface area contributed by atoms with Crippen LogP contribution in [-0.4, -0.2) is 9.55 Å². The normalized spacial score (nSPS) is 15.4. The van der Waals surface area contributed by atoms with Gasteiger partial charge < -0.3 is 0 Å².